The summed E-state index contributed by atoms with van der Waals surface area (Å²) >= 11 is 0. The Hall–Kier alpha value is -1.34. The molecule has 7 heteroatoms. The summed E-state index contributed by atoms with van der Waals surface area (Å²) in [6.45, 7) is 5.85. The van der Waals surface area contributed by atoms with Gasteiger partial charge in [-0.05, 0) is 26.2 Å². The van der Waals surface area contributed by atoms with Gasteiger partial charge in [-0.25, -0.2) is 9.59 Å². The molecule has 1 saturated carbocycles. The van der Waals surface area contributed by atoms with Crippen molar-refractivity contribution in [3.63, 3.8) is 0 Å². The second-order valence-electron chi connectivity index (χ2n) is 5.65. The van der Waals surface area contributed by atoms with Gasteiger partial charge in [-0.1, -0.05) is 0 Å². The van der Waals surface area contributed by atoms with Crippen molar-refractivity contribution in [2.75, 3.05) is 32.8 Å². The molecule has 2 amide bonds. The fourth-order valence-corrected chi connectivity index (χ4v) is 2.62. The van der Waals surface area contributed by atoms with E-state index in [-0.39, 0.29) is 6.04 Å². The maximum absolute atomic E-state index is 11.9. The number of urea groups is 1. The first-order valence-electron chi connectivity index (χ1n) is 7.14. The van der Waals surface area contributed by atoms with Crippen LogP contribution < -0.4 is 10.6 Å². The lowest BCUT2D eigenvalue weighted by Crippen LogP contribution is -2.62. The van der Waals surface area contributed by atoms with Crippen molar-refractivity contribution >= 4 is 12.0 Å². The van der Waals surface area contributed by atoms with Crippen LogP contribution in [-0.4, -0.2) is 66.4 Å². The number of ether oxygens (including phenoxy) is 1. The minimum Gasteiger partial charge on any atom is -0.480 e. The van der Waals surface area contributed by atoms with Gasteiger partial charge in [0.2, 0.25) is 0 Å². The lowest BCUT2D eigenvalue weighted by Gasteiger charge is -2.38. The van der Waals surface area contributed by atoms with Gasteiger partial charge < -0.3 is 20.5 Å². The van der Waals surface area contributed by atoms with Crippen molar-refractivity contribution in [2.45, 2.75) is 37.8 Å². The van der Waals surface area contributed by atoms with Gasteiger partial charge in [-0.3, -0.25) is 4.90 Å². The van der Waals surface area contributed by atoms with Crippen LogP contribution in [0.15, 0.2) is 0 Å². The molecule has 2 aliphatic rings. The van der Waals surface area contributed by atoms with Crippen LogP contribution in [0.25, 0.3) is 0 Å². The highest BCUT2D eigenvalue weighted by Crippen LogP contribution is 2.31. The van der Waals surface area contributed by atoms with Crippen molar-refractivity contribution in [2.24, 2.45) is 0 Å². The van der Waals surface area contributed by atoms with Gasteiger partial charge >= 0.3 is 12.0 Å². The number of carbonyl (C=O) groups is 2. The summed E-state index contributed by atoms with van der Waals surface area (Å²) in [5.41, 5.74) is -1.05. The zero-order chi connectivity index (χ0) is 14.6. The number of carbonyl (C=O) groups excluding carboxylic acids is 1. The van der Waals surface area contributed by atoms with Crippen LogP contribution in [0.1, 0.15) is 26.2 Å². The summed E-state index contributed by atoms with van der Waals surface area (Å²) in [5.74, 6) is -0.945. The molecule has 3 N–H and O–H groups in total. The molecule has 1 saturated heterocycles. The fourth-order valence-electron chi connectivity index (χ4n) is 2.62. The van der Waals surface area contributed by atoms with Gasteiger partial charge in [-0.15, -0.1) is 0 Å². The van der Waals surface area contributed by atoms with Gasteiger partial charge in [0.25, 0.3) is 0 Å². The topological polar surface area (TPSA) is 90.9 Å². The highest BCUT2D eigenvalue weighted by Gasteiger charge is 2.45. The van der Waals surface area contributed by atoms with Crippen LogP contribution >= 0.6 is 0 Å². The number of carboxylic acids is 1. The van der Waals surface area contributed by atoms with Gasteiger partial charge in [0.05, 0.1) is 13.2 Å². The average molecular weight is 285 g/mol. The Morgan fingerprint density at radius 1 is 1.35 bits per heavy atom. The number of hydrogen-bond donors (Lipinski definition) is 3. The number of hydrogen-bond acceptors (Lipinski definition) is 4. The summed E-state index contributed by atoms with van der Waals surface area (Å²) < 4.78 is 5.27. The average Bonchev–Trinajstić information content (AvgIpc) is 2.34. The number of amides is 2. The third-order valence-corrected chi connectivity index (χ3v) is 3.98. The molecule has 1 aliphatic heterocycles. The van der Waals surface area contributed by atoms with Gasteiger partial charge in [-0.2, -0.15) is 0 Å². The van der Waals surface area contributed by atoms with Crippen LogP contribution in [0.5, 0.6) is 0 Å². The first kappa shape index (κ1) is 15.1. The van der Waals surface area contributed by atoms with E-state index in [4.69, 9.17) is 9.84 Å². The number of nitrogens with one attached hydrogen (secondary N) is 2. The molecule has 0 aromatic rings. The quantitative estimate of drug-likeness (QED) is 0.662. The number of morpholine rings is 1. The Kier molecular flexibility index (Phi) is 4.82. The number of rotatable bonds is 5. The molecular weight excluding hydrogens is 262 g/mol. The Morgan fingerprint density at radius 3 is 2.50 bits per heavy atom. The van der Waals surface area contributed by atoms with E-state index < -0.39 is 17.5 Å². The summed E-state index contributed by atoms with van der Waals surface area (Å²) in [5, 5.41) is 14.6. The van der Waals surface area contributed by atoms with E-state index in [1.54, 1.807) is 0 Å². The van der Waals surface area contributed by atoms with E-state index in [1.165, 1.54) is 0 Å². The third kappa shape index (κ3) is 3.61. The standard InChI is InChI=1S/C13H23N3O4/c1-10(9-16-5-7-20-8-6-16)14-12(19)15-13(11(17)18)3-2-4-13/h10H,2-9H2,1H3,(H,17,18)(H2,14,15,19). The highest BCUT2D eigenvalue weighted by atomic mass is 16.5. The second kappa shape index (κ2) is 6.41. The monoisotopic (exact) mass is 285 g/mol. The molecule has 0 aromatic heterocycles. The van der Waals surface area contributed by atoms with E-state index in [2.05, 4.69) is 15.5 Å². The normalized spacial score (nSPS) is 23.4. The Bertz CT molecular complexity index is 365. The molecule has 1 unspecified atom stereocenters. The van der Waals surface area contributed by atoms with Gasteiger partial charge in [0.1, 0.15) is 5.54 Å². The molecule has 1 atom stereocenters. The first-order chi connectivity index (χ1) is 9.52. The van der Waals surface area contributed by atoms with Gasteiger partial charge in [0, 0.05) is 25.7 Å². The van der Waals surface area contributed by atoms with E-state index in [9.17, 15) is 9.59 Å². The van der Waals surface area contributed by atoms with E-state index >= 15 is 0 Å². The van der Waals surface area contributed by atoms with Crippen LogP contribution in [0.4, 0.5) is 4.79 Å². The molecule has 7 nitrogen and oxygen atoms in total. The predicted octanol–water partition coefficient (Wildman–Crippen LogP) is 0.0136. The van der Waals surface area contributed by atoms with Crippen molar-refractivity contribution in [3.05, 3.63) is 0 Å². The van der Waals surface area contributed by atoms with Crippen LogP contribution in [-0.2, 0) is 9.53 Å². The molecule has 2 fully saturated rings. The van der Waals surface area contributed by atoms with Crippen LogP contribution in [0, 0.1) is 0 Å². The molecule has 1 aliphatic carbocycles. The highest BCUT2D eigenvalue weighted by molar-refractivity contribution is 5.87. The molecule has 1 heterocycles. The number of carboxylic acid groups (broad SMARTS) is 1. The molecule has 20 heavy (non-hydrogen) atoms. The molecule has 0 radical (unpaired) electrons. The predicted molar refractivity (Wildman–Crippen MR) is 72.6 cm³/mol. The Morgan fingerprint density at radius 2 is 2.00 bits per heavy atom. The Balaban J connectivity index is 1.74. The molecule has 2 rings (SSSR count). The van der Waals surface area contributed by atoms with E-state index in [0.717, 1.165) is 39.3 Å². The summed E-state index contributed by atoms with van der Waals surface area (Å²) in [6.07, 6.45) is 1.86. The van der Waals surface area contributed by atoms with Crippen molar-refractivity contribution in [1.82, 2.24) is 15.5 Å². The number of aliphatic carboxylic acids is 1. The lowest BCUT2D eigenvalue weighted by atomic mass is 9.77. The molecule has 114 valence electrons. The molecule has 0 spiro atoms. The SMILES string of the molecule is CC(CN1CCOCC1)NC(=O)NC1(C(=O)O)CCC1. The van der Waals surface area contributed by atoms with Crippen LogP contribution in [0.3, 0.4) is 0 Å². The van der Waals surface area contributed by atoms with Crippen molar-refractivity contribution < 1.29 is 19.4 Å². The number of nitrogens with zero attached hydrogens (tertiary/aromatic N) is 1. The summed E-state index contributed by atoms with van der Waals surface area (Å²) in [7, 11) is 0. The Labute approximate surface area is 118 Å². The van der Waals surface area contributed by atoms with Crippen molar-refractivity contribution in [3.8, 4) is 0 Å². The maximum Gasteiger partial charge on any atom is 0.329 e. The van der Waals surface area contributed by atoms with E-state index in [0.29, 0.717) is 12.8 Å². The summed E-state index contributed by atoms with van der Waals surface area (Å²) in [6, 6.07) is -0.424. The molecule has 0 bridgehead atoms. The minimum absolute atomic E-state index is 0.0287. The van der Waals surface area contributed by atoms with Crippen LogP contribution in [0.2, 0.25) is 0 Å². The van der Waals surface area contributed by atoms with Crippen molar-refractivity contribution in [1.29, 1.82) is 0 Å². The first-order valence-corrected chi connectivity index (χ1v) is 7.14. The largest absolute Gasteiger partial charge is 0.480 e. The zero-order valence-electron chi connectivity index (χ0n) is 11.9. The van der Waals surface area contributed by atoms with E-state index in [1.807, 2.05) is 6.92 Å². The smallest absolute Gasteiger partial charge is 0.329 e. The third-order valence-electron chi connectivity index (χ3n) is 3.98. The minimum atomic E-state index is -1.05. The lowest BCUT2D eigenvalue weighted by molar-refractivity contribution is -0.148. The maximum atomic E-state index is 11.9. The zero-order valence-corrected chi connectivity index (χ0v) is 11.9. The summed E-state index contributed by atoms with van der Waals surface area (Å²) in [4.78, 5) is 25.3. The molecule has 0 aromatic carbocycles. The fraction of sp³-hybridized carbons (Fsp3) is 0.846. The second-order valence-corrected chi connectivity index (χ2v) is 5.65. The van der Waals surface area contributed by atoms with Gasteiger partial charge in [0.15, 0.2) is 0 Å². The molecular formula is C13H23N3O4.